The van der Waals surface area contributed by atoms with Crippen molar-refractivity contribution in [1.82, 2.24) is 0 Å². The first-order valence-corrected chi connectivity index (χ1v) is 6.48. The lowest BCUT2D eigenvalue weighted by Gasteiger charge is -2.11. The molecule has 22 heavy (non-hydrogen) atoms. The Balaban J connectivity index is 2.12. The molecule has 0 aliphatic rings. The normalized spacial score (nSPS) is 11.3. The second-order valence-electron chi connectivity index (χ2n) is 4.91. The maximum Gasteiger partial charge on any atom is 0.419 e. The predicted octanol–water partition coefficient (Wildman–Crippen LogP) is 4.33. The minimum absolute atomic E-state index is 0.0282. The molecule has 2 nitrogen and oxygen atoms in total. The van der Waals surface area contributed by atoms with Crippen LogP contribution in [0.15, 0.2) is 42.5 Å². The van der Waals surface area contributed by atoms with Crippen molar-refractivity contribution < 1.29 is 22.4 Å². The van der Waals surface area contributed by atoms with Gasteiger partial charge < -0.3 is 5.32 Å². The molecule has 116 valence electrons. The van der Waals surface area contributed by atoms with E-state index in [1.54, 1.807) is 12.1 Å². The standard InChI is InChI=1S/C16H13F4NO/c1-10-3-2-4-11(7-10)8-15(22)21-12-5-6-14(17)13(9-12)16(18,19)20/h2-7,9H,8H2,1H3,(H,21,22). The van der Waals surface area contributed by atoms with E-state index < -0.39 is 23.5 Å². The van der Waals surface area contributed by atoms with Crippen molar-refractivity contribution in [2.45, 2.75) is 19.5 Å². The van der Waals surface area contributed by atoms with Gasteiger partial charge in [0.25, 0.3) is 0 Å². The first kappa shape index (κ1) is 16.0. The highest BCUT2D eigenvalue weighted by molar-refractivity contribution is 5.92. The number of rotatable bonds is 3. The van der Waals surface area contributed by atoms with Crippen molar-refractivity contribution >= 4 is 11.6 Å². The molecule has 0 aliphatic heterocycles. The largest absolute Gasteiger partial charge is 0.419 e. The van der Waals surface area contributed by atoms with Gasteiger partial charge >= 0.3 is 6.18 Å². The molecule has 0 bridgehead atoms. The summed E-state index contributed by atoms with van der Waals surface area (Å²) in [5.41, 5.74) is 0.231. The molecule has 0 aliphatic carbocycles. The van der Waals surface area contributed by atoms with E-state index in [0.717, 1.165) is 17.2 Å². The van der Waals surface area contributed by atoms with Crippen LogP contribution in [0.4, 0.5) is 23.2 Å². The summed E-state index contributed by atoms with van der Waals surface area (Å²) in [4.78, 5) is 11.9. The van der Waals surface area contributed by atoms with Crippen molar-refractivity contribution in [1.29, 1.82) is 0 Å². The molecule has 0 aromatic heterocycles. The number of benzene rings is 2. The van der Waals surface area contributed by atoms with Gasteiger partial charge in [-0.3, -0.25) is 4.79 Å². The van der Waals surface area contributed by atoms with E-state index in [4.69, 9.17) is 0 Å². The predicted molar refractivity (Wildman–Crippen MR) is 74.9 cm³/mol. The molecule has 0 radical (unpaired) electrons. The van der Waals surface area contributed by atoms with Crippen LogP contribution in [0.1, 0.15) is 16.7 Å². The molecule has 1 N–H and O–H groups in total. The smallest absolute Gasteiger partial charge is 0.326 e. The van der Waals surface area contributed by atoms with Gasteiger partial charge in [-0.2, -0.15) is 13.2 Å². The van der Waals surface area contributed by atoms with E-state index >= 15 is 0 Å². The molecule has 0 unspecified atom stereocenters. The summed E-state index contributed by atoms with van der Waals surface area (Å²) < 4.78 is 51.0. The van der Waals surface area contributed by atoms with Crippen LogP contribution < -0.4 is 5.32 Å². The minimum Gasteiger partial charge on any atom is -0.326 e. The summed E-state index contributed by atoms with van der Waals surface area (Å²) in [6.45, 7) is 1.87. The molecular weight excluding hydrogens is 298 g/mol. The van der Waals surface area contributed by atoms with Crippen LogP contribution in [0.2, 0.25) is 0 Å². The maximum atomic E-state index is 13.2. The first-order valence-electron chi connectivity index (χ1n) is 6.48. The minimum atomic E-state index is -4.80. The molecule has 6 heteroatoms. The summed E-state index contributed by atoms with van der Waals surface area (Å²) in [5.74, 6) is -1.84. The van der Waals surface area contributed by atoms with Crippen LogP contribution in [-0.4, -0.2) is 5.91 Å². The Morgan fingerprint density at radius 1 is 1.14 bits per heavy atom. The number of carbonyl (C=O) groups is 1. The van der Waals surface area contributed by atoms with Crippen molar-refractivity contribution in [3.8, 4) is 0 Å². The molecule has 1 amide bonds. The fourth-order valence-electron chi connectivity index (χ4n) is 2.03. The Kier molecular flexibility index (Phi) is 4.49. The third kappa shape index (κ3) is 4.07. The lowest BCUT2D eigenvalue weighted by molar-refractivity contribution is -0.140. The molecule has 0 heterocycles. The molecule has 0 saturated heterocycles. The number of alkyl halides is 3. The van der Waals surface area contributed by atoms with Gasteiger partial charge in [-0.15, -0.1) is 0 Å². The summed E-state index contributed by atoms with van der Waals surface area (Å²) >= 11 is 0. The lowest BCUT2D eigenvalue weighted by Crippen LogP contribution is -2.16. The van der Waals surface area contributed by atoms with Gasteiger partial charge in [-0.25, -0.2) is 4.39 Å². The monoisotopic (exact) mass is 311 g/mol. The second-order valence-corrected chi connectivity index (χ2v) is 4.91. The Morgan fingerprint density at radius 3 is 2.50 bits per heavy atom. The number of aryl methyl sites for hydroxylation is 1. The number of nitrogens with one attached hydrogen (secondary N) is 1. The summed E-state index contributed by atoms with van der Waals surface area (Å²) in [5, 5.41) is 2.34. The van der Waals surface area contributed by atoms with Crippen LogP contribution in [0, 0.1) is 12.7 Å². The fraction of sp³-hybridized carbons (Fsp3) is 0.188. The van der Waals surface area contributed by atoms with Crippen LogP contribution in [0.25, 0.3) is 0 Å². The van der Waals surface area contributed by atoms with Gasteiger partial charge in [0.15, 0.2) is 0 Å². The van der Waals surface area contributed by atoms with Crippen molar-refractivity contribution in [3.63, 3.8) is 0 Å². The molecule has 0 saturated carbocycles. The highest BCUT2D eigenvalue weighted by Crippen LogP contribution is 2.33. The first-order chi connectivity index (χ1) is 10.3. The lowest BCUT2D eigenvalue weighted by atomic mass is 10.1. The number of anilines is 1. The Labute approximate surface area is 124 Å². The molecule has 0 atom stereocenters. The number of amides is 1. The van der Waals surface area contributed by atoms with Crippen molar-refractivity contribution in [2.24, 2.45) is 0 Å². The Morgan fingerprint density at radius 2 is 1.86 bits per heavy atom. The molecule has 0 spiro atoms. The van der Waals surface area contributed by atoms with Gasteiger partial charge in [0.05, 0.1) is 12.0 Å². The van der Waals surface area contributed by atoms with Crippen LogP contribution in [0.5, 0.6) is 0 Å². The van der Waals surface area contributed by atoms with E-state index in [-0.39, 0.29) is 12.1 Å². The van der Waals surface area contributed by atoms with E-state index in [1.165, 1.54) is 0 Å². The zero-order chi connectivity index (χ0) is 16.3. The van der Waals surface area contributed by atoms with Gasteiger partial charge in [0.1, 0.15) is 5.82 Å². The SMILES string of the molecule is Cc1cccc(CC(=O)Nc2ccc(F)c(C(F)(F)F)c2)c1. The summed E-state index contributed by atoms with van der Waals surface area (Å²) in [6.07, 6.45) is -4.78. The van der Waals surface area contributed by atoms with Gasteiger partial charge in [-0.1, -0.05) is 29.8 Å². The number of hydrogen-bond donors (Lipinski definition) is 1. The highest BCUT2D eigenvalue weighted by Gasteiger charge is 2.34. The fourth-order valence-corrected chi connectivity index (χ4v) is 2.03. The van der Waals surface area contributed by atoms with E-state index in [2.05, 4.69) is 5.32 Å². The summed E-state index contributed by atoms with van der Waals surface area (Å²) in [6, 6.07) is 9.59. The van der Waals surface area contributed by atoms with Gasteiger partial charge in [0, 0.05) is 5.69 Å². The van der Waals surface area contributed by atoms with Crippen LogP contribution in [0.3, 0.4) is 0 Å². The zero-order valence-electron chi connectivity index (χ0n) is 11.7. The van der Waals surface area contributed by atoms with E-state index in [9.17, 15) is 22.4 Å². The second kappa shape index (κ2) is 6.17. The van der Waals surface area contributed by atoms with Crippen molar-refractivity contribution in [3.05, 3.63) is 65.0 Å². The van der Waals surface area contributed by atoms with E-state index in [1.807, 2.05) is 19.1 Å². The topological polar surface area (TPSA) is 29.1 Å². The summed E-state index contributed by atoms with van der Waals surface area (Å²) in [7, 11) is 0. The Hall–Kier alpha value is -2.37. The zero-order valence-corrected chi connectivity index (χ0v) is 11.7. The Bertz CT molecular complexity index is 695. The average molecular weight is 311 g/mol. The maximum absolute atomic E-state index is 13.2. The third-order valence-corrected chi connectivity index (χ3v) is 3.00. The number of hydrogen-bond acceptors (Lipinski definition) is 1. The average Bonchev–Trinajstić information content (AvgIpc) is 2.39. The van der Waals surface area contributed by atoms with Crippen LogP contribution in [-0.2, 0) is 17.4 Å². The molecule has 0 fully saturated rings. The molecule has 2 aromatic carbocycles. The highest BCUT2D eigenvalue weighted by atomic mass is 19.4. The quantitative estimate of drug-likeness (QED) is 0.840. The molecule has 2 rings (SSSR count). The molecule has 2 aromatic rings. The van der Waals surface area contributed by atoms with Gasteiger partial charge in [-0.05, 0) is 30.7 Å². The van der Waals surface area contributed by atoms with E-state index in [0.29, 0.717) is 12.1 Å². The van der Waals surface area contributed by atoms with Crippen LogP contribution >= 0.6 is 0 Å². The number of halogens is 4. The molecular formula is C16H13F4NO. The van der Waals surface area contributed by atoms with Crippen molar-refractivity contribution in [2.75, 3.05) is 5.32 Å². The van der Waals surface area contributed by atoms with Gasteiger partial charge in [0.2, 0.25) is 5.91 Å². The third-order valence-electron chi connectivity index (χ3n) is 3.00. The number of carbonyl (C=O) groups excluding carboxylic acids is 1.